The quantitative estimate of drug-likeness (QED) is 0.535. The minimum atomic E-state index is -0.167. The van der Waals surface area contributed by atoms with Gasteiger partial charge in [0.05, 0.1) is 0 Å². The molecule has 0 aromatic carbocycles. The molecule has 0 spiro atoms. The summed E-state index contributed by atoms with van der Waals surface area (Å²) in [7, 11) is 0. The molecule has 0 aliphatic heterocycles. The van der Waals surface area contributed by atoms with Crippen molar-refractivity contribution < 1.29 is 5.11 Å². The summed E-state index contributed by atoms with van der Waals surface area (Å²) < 4.78 is 0. The van der Waals surface area contributed by atoms with E-state index in [0.29, 0.717) is 0 Å². The second-order valence-electron chi connectivity index (χ2n) is 1.88. The summed E-state index contributed by atoms with van der Waals surface area (Å²) in [4.78, 5) is 0. The van der Waals surface area contributed by atoms with Crippen LogP contribution < -0.4 is 5.73 Å². The van der Waals surface area contributed by atoms with E-state index >= 15 is 0 Å². The molecule has 0 atom stereocenters. The Hall–Kier alpha value is -0.0800. The maximum absolute atomic E-state index is 8.06. The average molecular weight is 119 g/mol. The zero-order chi connectivity index (χ0) is 6.99. The molecule has 0 radical (unpaired) electrons. The van der Waals surface area contributed by atoms with Crippen LogP contribution in [0.15, 0.2) is 0 Å². The fourth-order valence-corrected chi connectivity index (χ4v) is 0. The molecular weight excluding hydrogens is 102 g/mol. The smallest absolute Gasteiger partial charge is 0.0483 e. The first kappa shape index (κ1) is 10.8. The fourth-order valence-electron chi connectivity index (χ4n) is 0. The molecule has 0 aliphatic rings. The third-order valence-corrected chi connectivity index (χ3v) is 0.289. The molecule has 2 heteroatoms. The van der Waals surface area contributed by atoms with Gasteiger partial charge in [0.15, 0.2) is 0 Å². The van der Waals surface area contributed by atoms with Gasteiger partial charge in [0.1, 0.15) is 0 Å². The van der Waals surface area contributed by atoms with E-state index in [0.717, 1.165) is 13.0 Å². The maximum Gasteiger partial charge on any atom is 0.0483 e. The molecule has 0 fully saturated rings. The van der Waals surface area contributed by atoms with Crippen LogP contribution in [0.5, 0.6) is 0 Å². The molecule has 3 N–H and O–H groups in total. The lowest BCUT2D eigenvalue weighted by Gasteiger charge is -1.80. The number of aliphatic hydroxyl groups excluding tert-OH is 1. The van der Waals surface area contributed by atoms with Gasteiger partial charge in [0.2, 0.25) is 0 Å². The highest BCUT2D eigenvalue weighted by atomic mass is 16.3. The van der Waals surface area contributed by atoms with E-state index in [1.807, 2.05) is 0 Å². The fraction of sp³-hybridized carbons (Fsp3) is 1.00. The van der Waals surface area contributed by atoms with Crippen LogP contribution in [0.3, 0.4) is 0 Å². The van der Waals surface area contributed by atoms with Crippen molar-refractivity contribution in [1.29, 1.82) is 0 Å². The van der Waals surface area contributed by atoms with Crippen LogP contribution in [0.4, 0.5) is 0 Å². The molecule has 52 valence electrons. The number of hydrogen-bond acceptors (Lipinski definition) is 2. The number of hydrogen-bond donors (Lipinski definition) is 2. The van der Waals surface area contributed by atoms with Crippen LogP contribution in [0, 0.1) is 0 Å². The number of nitrogens with two attached hydrogens (primary N) is 1. The van der Waals surface area contributed by atoms with Crippen molar-refractivity contribution in [3.8, 4) is 0 Å². The Balaban J connectivity index is 0. The van der Waals surface area contributed by atoms with E-state index in [4.69, 9.17) is 10.8 Å². The molecule has 2 nitrogen and oxygen atoms in total. The van der Waals surface area contributed by atoms with Crippen LogP contribution in [-0.4, -0.2) is 17.8 Å². The summed E-state index contributed by atoms with van der Waals surface area (Å²) in [6, 6.07) is 0. The van der Waals surface area contributed by atoms with Gasteiger partial charge < -0.3 is 10.8 Å². The highest BCUT2D eigenvalue weighted by Gasteiger charge is 1.69. The summed E-state index contributed by atoms with van der Waals surface area (Å²) in [6.07, 6.45) is 0.931. The topological polar surface area (TPSA) is 46.2 Å². The van der Waals surface area contributed by atoms with Crippen molar-refractivity contribution in [1.82, 2.24) is 0 Å². The molecule has 0 heterocycles. The zero-order valence-corrected chi connectivity index (χ0v) is 6.02. The predicted molar refractivity (Wildman–Crippen MR) is 36.7 cm³/mol. The molecule has 0 bridgehead atoms. The van der Waals surface area contributed by atoms with Gasteiger partial charge in [-0.05, 0) is 26.8 Å². The summed E-state index contributed by atoms with van der Waals surface area (Å²) >= 11 is 0. The lowest BCUT2D eigenvalue weighted by Crippen LogP contribution is -1.93. The summed E-state index contributed by atoms with van der Waals surface area (Å²) in [5.41, 5.74) is 5.03. The van der Waals surface area contributed by atoms with Crippen molar-refractivity contribution >= 4 is 0 Å². The van der Waals surface area contributed by atoms with E-state index in [-0.39, 0.29) is 6.10 Å². The summed E-state index contributed by atoms with van der Waals surface area (Å²) in [5, 5.41) is 8.06. The Morgan fingerprint density at radius 2 is 1.62 bits per heavy atom. The Labute approximate surface area is 51.7 Å². The molecular formula is C6H17NO. The monoisotopic (exact) mass is 119 g/mol. The SMILES string of the molecule is CC(C)O.CCCN. The lowest BCUT2D eigenvalue weighted by atomic mass is 10.5. The van der Waals surface area contributed by atoms with Crippen molar-refractivity contribution in [2.75, 3.05) is 6.54 Å². The third kappa shape index (κ3) is 169. The first-order chi connectivity index (χ1) is 3.65. The van der Waals surface area contributed by atoms with Crippen LogP contribution in [0.25, 0.3) is 0 Å². The van der Waals surface area contributed by atoms with Gasteiger partial charge in [-0.3, -0.25) is 0 Å². The van der Waals surface area contributed by atoms with E-state index in [9.17, 15) is 0 Å². The molecule has 0 aromatic heterocycles. The Bertz CT molecular complexity index is 25.0. The number of aliphatic hydroxyl groups is 1. The Morgan fingerprint density at radius 1 is 1.50 bits per heavy atom. The van der Waals surface area contributed by atoms with E-state index < -0.39 is 0 Å². The highest BCUT2D eigenvalue weighted by molar-refractivity contribution is 4.20. The molecule has 0 aliphatic carbocycles. The van der Waals surface area contributed by atoms with E-state index in [1.165, 1.54) is 0 Å². The van der Waals surface area contributed by atoms with E-state index in [2.05, 4.69) is 6.92 Å². The lowest BCUT2D eigenvalue weighted by molar-refractivity contribution is 0.216. The standard InChI is InChI=1S/C3H9N.C3H8O/c1-2-3-4;1-3(2)4/h2-4H2,1H3;3-4H,1-2H3. The molecule has 0 amide bonds. The Kier molecular flexibility index (Phi) is 13.6. The predicted octanol–water partition coefficient (Wildman–Crippen LogP) is 0.742. The number of rotatable bonds is 1. The van der Waals surface area contributed by atoms with Gasteiger partial charge in [0, 0.05) is 6.10 Å². The van der Waals surface area contributed by atoms with Gasteiger partial charge in [-0.15, -0.1) is 0 Å². The zero-order valence-electron chi connectivity index (χ0n) is 6.02. The maximum atomic E-state index is 8.06. The average Bonchev–Trinajstić information content (AvgIpc) is 1.65. The summed E-state index contributed by atoms with van der Waals surface area (Å²) in [6.45, 7) is 6.32. The van der Waals surface area contributed by atoms with Crippen molar-refractivity contribution in [2.24, 2.45) is 5.73 Å². The molecule has 8 heavy (non-hydrogen) atoms. The second kappa shape index (κ2) is 10.0. The molecule has 0 aromatic rings. The minimum absolute atomic E-state index is 0.167. The van der Waals surface area contributed by atoms with Crippen molar-refractivity contribution in [2.45, 2.75) is 33.3 Å². The van der Waals surface area contributed by atoms with Crippen LogP contribution in [0.2, 0.25) is 0 Å². The van der Waals surface area contributed by atoms with Gasteiger partial charge >= 0.3 is 0 Å². The minimum Gasteiger partial charge on any atom is -0.394 e. The molecule has 0 unspecified atom stereocenters. The van der Waals surface area contributed by atoms with Gasteiger partial charge in [-0.1, -0.05) is 6.92 Å². The van der Waals surface area contributed by atoms with Crippen molar-refractivity contribution in [3.05, 3.63) is 0 Å². The van der Waals surface area contributed by atoms with Crippen molar-refractivity contribution in [3.63, 3.8) is 0 Å². The third-order valence-electron chi connectivity index (χ3n) is 0.289. The molecule has 0 rings (SSSR count). The van der Waals surface area contributed by atoms with Crippen LogP contribution in [-0.2, 0) is 0 Å². The van der Waals surface area contributed by atoms with Crippen LogP contribution in [0.1, 0.15) is 27.2 Å². The van der Waals surface area contributed by atoms with Gasteiger partial charge in [-0.2, -0.15) is 0 Å². The van der Waals surface area contributed by atoms with Crippen LogP contribution >= 0.6 is 0 Å². The highest BCUT2D eigenvalue weighted by Crippen LogP contribution is 1.65. The first-order valence-electron chi connectivity index (χ1n) is 3.03. The molecule has 0 saturated carbocycles. The Morgan fingerprint density at radius 3 is 1.62 bits per heavy atom. The molecule has 0 saturated heterocycles. The van der Waals surface area contributed by atoms with Gasteiger partial charge in [0.25, 0.3) is 0 Å². The first-order valence-corrected chi connectivity index (χ1v) is 3.03. The normalized spacial score (nSPS) is 8.25. The largest absolute Gasteiger partial charge is 0.394 e. The summed E-state index contributed by atoms with van der Waals surface area (Å²) in [5.74, 6) is 0. The van der Waals surface area contributed by atoms with Gasteiger partial charge in [-0.25, -0.2) is 0 Å². The second-order valence-corrected chi connectivity index (χ2v) is 1.88. The van der Waals surface area contributed by atoms with E-state index in [1.54, 1.807) is 13.8 Å².